The van der Waals surface area contributed by atoms with Crippen LogP contribution in [0.5, 0.6) is 0 Å². The van der Waals surface area contributed by atoms with Crippen LogP contribution in [0.25, 0.3) is 0 Å². The van der Waals surface area contributed by atoms with E-state index < -0.39 is 0 Å². The van der Waals surface area contributed by atoms with Gasteiger partial charge in [0.1, 0.15) is 0 Å². The van der Waals surface area contributed by atoms with Crippen molar-refractivity contribution in [2.75, 3.05) is 19.6 Å². The predicted molar refractivity (Wildman–Crippen MR) is 73.0 cm³/mol. The van der Waals surface area contributed by atoms with Crippen LogP contribution in [0.15, 0.2) is 0 Å². The van der Waals surface area contributed by atoms with Crippen LogP contribution in [-0.4, -0.2) is 36.3 Å². The van der Waals surface area contributed by atoms with Crippen molar-refractivity contribution in [2.45, 2.75) is 38.5 Å². The second-order valence-electron chi connectivity index (χ2n) is 5.96. The monoisotopic (exact) mass is 267 g/mol. The normalized spacial score (nSPS) is 29.2. The Morgan fingerprint density at radius 2 is 1.53 bits per heavy atom. The highest BCUT2D eigenvalue weighted by atomic mass is 16.2. The first-order valence-electron chi connectivity index (χ1n) is 7.40. The van der Waals surface area contributed by atoms with Gasteiger partial charge in [-0.15, -0.1) is 0 Å². The van der Waals surface area contributed by atoms with Crippen molar-refractivity contribution in [3.63, 3.8) is 0 Å². The van der Waals surface area contributed by atoms with Crippen LogP contribution in [0, 0.1) is 17.8 Å². The summed E-state index contributed by atoms with van der Waals surface area (Å²) in [6.07, 6.45) is 5.53. The molecule has 0 spiro atoms. The topological polar surface area (TPSA) is 89.4 Å². The lowest BCUT2D eigenvalue weighted by molar-refractivity contribution is -0.139. The summed E-state index contributed by atoms with van der Waals surface area (Å²) in [7, 11) is 0. The number of hydrogen-bond donors (Lipinski definition) is 2. The van der Waals surface area contributed by atoms with E-state index in [4.69, 9.17) is 11.5 Å². The highest BCUT2D eigenvalue weighted by Gasteiger charge is 2.32. The van der Waals surface area contributed by atoms with E-state index in [9.17, 15) is 9.59 Å². The molecule has 4 N–H and O–H groups in total. The summed E-state index contributed by atoms with van der Waals surface area (Å²) in [6, 6.07) is 0. The van der Waals surface area contributed by atoms with Crippen molar-refractivity contribution in [1.82, 2.24) is 4.90 Å². The van der Waals surface area contributed by atoms with Gasteiger partial charge in [0.2, 0.25) is 11.8 Å². The minimum atomic E-state index is -0.226. The Hall–Kier alpha value is -1.10. The molecule has 2 rings (SSSR count). The standard InChI is InChI=1S/C14H25N3O2/c15-9-10-1-3-12(4-2-10)14(19)17-7-5-11(6-8-17)13(16)18/h10-12H,1-9,15H2,(H2,16,18). The Bertz CT molecular complexity index is 330. The Labute approximate surface area is 114 Å². The van der Waals surface area contributed by atoms with E-state index in [1.807, 2.05) is 4.90 Å². The van der Waals surface area contributed by atoms with Crippen molar-refractivity contribution in [3.05, 3.63) is 0 Å². The first kappa shape index (κ1) is 14.3. The lowest BCUT2D eigenvalue weighted by Crippen LogP contribution is -2.45. The lowest BCUT2D eigenvalue weighted by Gasteiger charge is -2.35. The predicted octanol–water partition coefficient (Wildman–Crippen LogP) is 0.475. The van der Waals surface area contributed by atoms with Gasteiger partial charge in [-0.3, -0.25) is 9.59 Å². The summed E-state index contributed by atoms with van der Waals surface area (Å²) in [5, 5.41) is 0. The molecule has 1 heterocycles. The molecule has 0 bridgehead atoms. The fourth-order valence-electron chi connectivity index (χ4n) is 3.29. The SMILES string of the molecule is NCC1CCC(C(=O)N2CCC(C(N)=O)CC2)CC1. The quantitative estimate of drug-likeness (QED) is 0.779. The van der Waals surface area contributed by atoms with Crippen LogP contribution in [0.2, 0.25) is 0 Å². The number of likely N-dealkylation sites (tertiary alicyclic amines) is 1. The molecule has 2 fully saturated rings. The van der Waals surface area contributed by atoms with E-state index in [-0.39, 0.29) is 23.7 Å². The number of rotatable bonds is 3. The van der Waals surface area contributed by atoms with Gasteiger partial charge >= 0.3 is 0 Å². The van der Waals surface area contributed by atoms with E-state index in [2.05, 4.69) is 0 Å². The average molecular weight is 267 g/mol. The van der Waals surface area contributed by atoms with Crippen LogP contribution in [0.4, 0.5) is 0 Å². The Kier molecular flexibility index (Phi) is 4.80. The van der Waals surface area contributed by atoms with Gasteiger partial charge in [0, 0.05) is 24.9 Å². The Morgan fingerprint density at radius 1 is 0.947 bits per heavy atom. The third-order valence-corrected chi connectivity index (χ3v) is 4.74. The van der Waals surface area contributed by atoms with Crippen molar-refractivity contribution in [2.24, 2.45) is 29.2 Å². The van der Waals surface area contributed by atoms with Crippen molar-refractivity contribution in [3.8, 4) is 0 Å². The van der Waals surface area contributed by atoms with Gasteiger partial charge in [-0.2, -0.15) is 0 Å². The van der Waals surface area contributed by atoms with Gasteiger partial charge in [-0.1, -0.05) is 0 Å². The lowest BCUT2D eigenvalue weighted by atomic mass is 9.81. The fourth-order valence-corrected chi connectivity index (χ4v) is 3.29. The molecule has 2 aliphatic rings. The zero-order valence-corrected chi connectivity index (χ0v) is 11.5. The molecule has 1 aliphatic heterocycles. The summed E-state index contributed by atoms with van der Waals surface area (Å²) in [5.41, 5.74) is 11.0. The van der Waals surface area contributed by atoms with Gasteiger partial charge in [-0.05, 0) is 51.0 Å². The first-order valence-corrected chi connectivity index (χ1v) is 7.40. The smallest absolute Gasteiger partial charge is 0.225 e. The molecule has 1 saturated carbocycles. The molecule has 108 valence electrons. The maximum absolute atomic E-state index is 12.4. The van der Waals surface area contributed by atoms with Gasteiger partial charge in [0.05, 0.1) is 0 Å². The third-order valence-electron chi connectivity index (χ3n) is 4.74. The second-order valence-corrected chi connectivity index (χ2v) is 5.96. The summed E-state index contributed by atoms with van der Waals surface area (Å²) in [6.45, 7) is 2.11. The van der Waals surface area contributed by atoms with E-state index in [0.717, 1.165) is 45.1 Å². The number of amides is 2. The van der Waals surface area contributed by atoms with Crippen LogP contribution in [0.3, 0.4) is 0 Å². The molecule has 0 aromatic heterocycles. The van der Waals surface area contributed by atoms with Crippen molar-refractivity contribution >= 4 is 11.8 Å². The summed E-state index contributed by atoms with van der Waals surface area (Å²) in [5.74, 6) is 0.781. The highest BCUT2D eigenvalue weighted by molar-refractivity contribution is 5.80. The van der Waals surface area contributed by atoms with Crippen molar-refractivity contribution in [1.29, 1.82) is 0 Å². The van der Waals surface area contributed by atoms with Crippen molar-refractivity contribution < 1.29 is 9.59 Å². The first-order chi connectivity index (χ1) is 9.11. The Balaban J connectivity index is 1.80. The number of nitrogens with two attached hydrogens (primary N) is 2. The molecule has 0 aromatic rings. The zero-order valence-electron chi connectivity index (χ0n) is 11.5. The minimum Gasteiger partial charge on any atom is -0.369 e. The molecule has 0 aromatic carbocycles. The van der Waals surface area contributed by atoms with E-state index >= 15 is 0 Å². The molecule has 0 unspecified atom stereocenters. The van der Waals surface area contributed by atoms with E-state index in [1.54, 1.807) is 0 Å². The Morgan fingerprint density at radius 3 is 2.00 bits per heavy atom. The molecule has 0 atom stereocenters. The third kappa shape index (κ3) is 3.47. The van der Waals surface area contributed by atoms with E-state index in [0.29, 0.717) is 19.0 Å². The molecule has 1 aliphatic carbocycles. The molecule has 1 saturated heterocycles. The van der Waals surface area contributed by atoms with Crippen LogP contribution >= 0.6 is 0 Å². The number of hydrogen-bond acceptors (Lipinski definition) is 3. The maximum Gasteiger partial charge on any atom is 0.225 e. The number of carbonyl (C=O) groups excluding carboxylic acids is 2. The van der Waals surface area contributed by atoms with Gasteiger partial charge in [0.15, 0.2) is 0 Å². The van der Waals surface area contributed by atoms with Gasteiger partial charge < -0.3 is 16.4 Å². The van der Waals surface area contributed by atoms with E-state index in [1.165, 1.54) is 0 Å². The molecule has 5 nitrogen and oxygen atoms in total. The number of piperidine rings is 1. The summed E-state index contributed by atoms with van der Waals surface area (Å²) < 4.78 is 0. The summed E-state index contributed by atoms with van der Waals surface area (Å²) >= 11 is 0. The molecule has 0 radical (unpaired) electrons. The maximum atomic E-state index is 12.4. The van der Waals surface area contributed by atoms with Crippen LogP contribution < -0.4 is 11.5 Å². The molecule has 19 heavy (non-hydrogen) atoms. The zero-order chi connectivity index (χ0) is 13.8. The molecular weight excluding hydrogens is 242 g/mol. The average Bonchev–Trinajstić information content (AvgIpc) is 2.46. The fraction of sp³-hybridized carbons (Fsp3) is 0.857. The van der Waals surface area contributed by atoms with Gasteiger partial charge in [-0.25, -0.2) is 0 Å². The van der Waals surface area contributed by atoms with Gasteiger partial charge in [0.25, 0.3) is 0 Å². The number of carbonyl (C=O) groups is 2. The minimum absolute atomic E-state index is 0.0444. The summed E-state index contributed by atoms with van der Waals surface area (Å²) in [4.78, 5) is 25.4. The molecule has 5 heteroatoms. The van der Waals surface area contributed by atoms with Crippen LogP contribution in [-0.2, 0) is 9.59 Å². The highest BCUT2D eigenvalue weighted by Crippen LogP contribution is 2.30. The largest absolute Gasteiger partial charge is 0.369 e. The number of nitrogens with zero attached hydrogens (tertiary/aromatic N) is 1. The second kappa shape index (κ2) is 6.37. The number of primary amides is 1. The van der Waals surface area contributed by atoms with Crippen LogP contribution in [0.1, 0.15) is 38.5 Å². The molecule has 2 amide bonds. The molecular formula is C14H25N3O2.